The van der Waals surface area contributed by atoms with E-state index < -0.39 is 0 Å². The molecule has 0 radical (unpaired) electrons. The van der Waals surface area contributed by atoms with Crippen molar-refractivity contribution in [2.45, 2.75) is 36.7 Å². The van der Waals surface area contributed by atoms with E-state index in [2.05, 4.69) is 39.7 Å². The maximum atomic E-state index is 13.2. The van der Waals surface area contributed by atoms with Crippen molar-refractivity contribution in [3.05, 3.63) is 54.1 Å². The van der Waals surface area contributed by atoms with Crippen molar-refractivity contribution in [2.75, 3.05) is 4.90 Å². The molecule has 2 aromatic heterocycles. The van der Waals surface area contributed by atoms with E-state index in [0.29, 0.717) is 0 Å². The van der Waals surface area contributed by atoms with E-state index in [4.69, 9.17) is 0 Å². The Balaban J connectivity index is 1.46. The predicted molar refractivity (Wildman–Crippen MR) is 111 cm³/mol. The van der Waals surface area contributed by atoms with Crippen LogP contribution >= 0.6 is 23.1 Å². The molecule has 2 aromatic carbocycles. The summed E-state index contributed by atoms with van der Waals surface area (Å²) in [5.41, 5.74) is 3.36. The van der Waals surface area contributed by atoms with Crippen molar-refractivity contribution in [2.24, 2.45) is 0 Å². The summed E-state index contributed by atoms with van der Waals surface area (Å²) in [5, 5.41) is 9.16. The molecule has 27 heavy (non-hydrogen) atoms. The second-order valence-corrected chi connectivity index (χ2v) is 9.14. The molecule has 3 heterocycles. The minimum Gasteiger partial charge on any atom is -0.308 e. The number of thiazole rings is 1. The lowest BCUT2D eigenvalue weighted by Crippen LogP contribution is -2.40. The highest BCUT2D eigenvalue weighted by molar-refractivity contribution is 8.00. The number of carbonyl (C=O) groups is 1. The van der Waals surface area contributed by atoms with Gasteiger partial charge in [0, 0.05) is 11.7 Å². The van der Waals surface area contributed by atoms with Crippen LogP contribution in [-0.4, -0.2) is 31.8 Å². The van der Waals surface area contributed by atoms with E-state index in [9.17, 15) is 4.79 Å². The zero-order chi connectivity index (χ0) is 18.5. The number of para-hydroxylation sites is 2. The summed E-state index contributed by atoms with van der Waals surface area (Å²) in [4.78, 5) is 16.0. The monoisotopic (exact) mass is 394 g/mol. The van der Waals surface area contributed by atoms with Crippen molar-refractivity contribution in [3.8, 4) is 0 Å². The van der Waals surface area contributed by atoms with Crippen molar-refractivity contribution in [1.29, 1.82) is 0 Å². The highest BCUT2D eigenvalue weighted by Crippen LogP contribution is 2.36. The van der Waals surface area contributed by atoms with E-state index in [1.807, 2.05) is 42.2 Å². The minimum atomic E-state index is -0.246. The fraction of sp³-hybridized carbons (Fsp3) is 0.250. The van der Waals surface area contributed by atoms with Crippen LogP contribution in [-0.2, 0) is 11.2 Å². The van der Waals surface area contributed by atoms with Crippen LogP contribution in [0.3, 0.4) is 0 Å². The topological polar surface area (TPSA) is 50.5 Å². The molecule has 0 aliphatic carbocycles. The van der Waals surface area contributed by atoms with Crippen LogP contribution in [0.5, 0.6) is 0 Å². The van der Waals surface area contributed by atoms with Crippen LogP contribution in [0.4, 0.5) is 5.69 Å². The Morgan fingerprint density at radius 2 is 1.96 bits per heavy atom. The average molecular weight is 395 g/mol. The van der Waals surface area contributed by atoms with E-state index >= 15 is 0 Å². The fourth-order valence-corrected chi connectivity index (χ4v) is 5.67. The normalized spacial score (nSPS) is 17.6. The number of hydrogen-bond acceptors (Lipinski definition) is 5. The van der Waals surface area contributed by atoms with Crippen molar-refractivity contribution < 1.29 is 4.79 Å². The van der Waals surface area contributed by atoms with E-state index in [-0.39, 0.29) is 17.2 Å². The van der Waals surface area contributed by atoms with Gasteiger partial charge in [-0.1, -0.05) is 53.4 Å². The summed E-state index contributed by atoms with van der Waals surface area (Å²) in [6.45, 7) is 4.06. The molecule has 0 fully saturated rings. The van der Waals surface area contributed by atoms with Crippen LogP contribution in [0.2, 0.25) is 0 Å². The number of hydrogen-bond donors (Lipinski definition) is 0. The Labute approximate surface area is 165 Å². The fourth-order valence-electron chi connectivity index (χ4n) is 3.74. The third kappa shape index (κ3) is 2.64. The maximum absolute atomic E-state index is 13.2. The molecule has 1 amide bonds. The van der Waals surface area contributed by atoms with Gasteiger partial charge in [-0.3, -0.25) is 9.20 Å². The summed E-state index contributed by atoms with van der Waals surface area (Å²) in [6, 6.07) is 16.5. The van der Waals surface area contributed by atoms with Gasteiger partial charge in [0.05, 0.1) is 15.5 Å². The molecule has 2 unspecified atom stereocenters. The first kappa shape index (κ1) is 16.8. The van der Waals surface area contributed by atoms with Gasteiger partial charge in [0.2, 0.25) is 10.9 Å². The van der Waals surface area contributed by atoms with E-state index in [1.165, 1.54) is 22.0 Å². The van der Waals surface area contributed by atoms with Crippen molar-refractivity contribution >= 4 is 49.9 Å². The van der Waals surface area contributed by atoms with Gasteiger partial charge in [0.25, 0.3) is 0 Å². The molecular weight excluding hydrogens is 376 g/mol. The molecular formula is C20H18N4OS2. The summed E-state index contributed by atoms with van der Waals surface area (Å²) in [7, 11) is 0. The van der Waals surface area contributed by atoms with Crippen LogP contribution in [0.25, 0.3) is 15.2 Å². The van der Waals surface area contributed by atoms with Gasteiger partial charge < -0.3 is 4.90 Å². The molecule has 4 aromatic rings. The molecule has 0 spiro atoms. The summed E-state index contributed by atoms with van der Waals surface area (Å²) in [6.07, 6.45) is 0.906. The third-order valence-electron chi connectivity index (χ3n) is 4.99. The highest BCUT2D eigenvalue weighted by Gasteiger charge is 2.34. The molecule has 0 bridgehead atoms. The molecule has 5 nitrogen and oxygen atoms in total. The SMILES string of the molecule is CC(Sc1nnc2sc3ccccc3n12)C(=O)N1c2ccccc2CC1C. The number of fused-ring (bicyclic) bond motifs is 4. The first-order valence-electron chi connectivity index (χ1n) is 8.94. The standard InChI is InChI=1S/C20H18N4OS2/c1-12-11-14-7-3-4-8-15(14)23(12)18(25)13(2)26-19-21-22-20-24(19)16-9-5-6-10-17(16)27-20/h3-10,12-13H,11H2,1-2H3. The van der Waals surface area contributed by atoms with Crippen LogP contribution in [0.15, 0.2) is 53.7 Å². The minimum absolute atomic E-state index is 0.119. The molecule has 0 N–H and O–H groups in total. The maximum Gasteiger partial charge on any atom is 0.240 e. The predicted octanol–water partition coefficient (Wildman–Crippen LogP) is 4.40. The van der Waals surface area contributed by atoms with Crippen LogP contribution in [0, 0.1) is 0 Å². The van der Waals surface area contributed by atoms with Crippen molar-refractivity contribution in [1.82, 2.24) is 14.6 Å². The Hall–Kier alpha value is -2.38. The van der Waals surface area contributed by atoms with Crippen molar-refractivity contribution in [3.63, 3.8) is 0 Å². The molecule has 0 saturated heterocycles. The zero-order valence-electron chi connectivity index (χ0n) is 15.0. The summed E-state index contributed by atoms with van der Waals surface area (Å²) < 4.78 is 3.22. The smallest absolute Gasteiger partial charge is 0.240 e. The van der Waals surface area contributed by atoms with Gasteiger partial charge in [-0.25, -0.2) is 0 Å². The molecule has 2 atom stereocenters. The average Bonchev–Trinajstić information content (AvgIpc) is 3.32. The molecule has 136 valence electrons. The van der Waals surface area contributed by atoms with Gasteiger partial charge in [0.1, 0.15) is 0 Å². The van der Waals surface area contributed by atoms with Crippen LogP contribution < -0.4 is 4.90 Å². The van der Waals surface area contributed by atoms with Gasteiger partial charge >= 0.3 is 0 Å². The lowest BCUT2D eigenvalue weighted by Gasteiger charge is -2.25. The number of carbonyl (C=O) groups excluding carboxylic acids is 1. The van der Waals surface area contributed by atoms with E-state index in [0.717, 1.165) is 27.7 Å². The van der Waals surface area contributed by atoms with Gasteiger partial charge in [-0.05, 0) is 44.0 Å². The van der Waals surface area contributed by atoms with Gasteiger partial charge in [0.15, 0.2) is 5.16 Å². The lowest BCUT2D eigenvalue weighted by atomic mass is 10.1. The number of aromatic nitrogens is 3. The number of nitrogens with zero attached hydrogens (tertiary/aromatic N) is 4. The Morgan fingerprint density at radius 1 is 1.19 bits per heavy atom. The number of anilines is 1. The highest BCUT2D eigenvalue weighted by atomic mass is 32.2. The second kappa shape index (κ2) is 6.35. The Bertz CT molecular complexity index is 1170. The number of thioether (sulfide) groups is 1. The number of benzene rings is 2. The quantitative estimate of drug-likeness (QED) is 0.483. The first-order chi connectivity index (χ1) is 13.1. The van der Waals surface area contributed by atoms with Gasteiger partial charge in [-0.2, -0.15) is 0 Å². The van der Waals surface area contributed by atoms with E-state index in [1.54, 1.807) is 11.3 Å². The molecule has 1 aliphatic rings. The molecule has 7 heteroatoms. The molecule has 5 rings (SSSR count). The first-order valence-corrected chi connectivity index (χ1v) is 10.6. The second-order valence-electron chi connectivity index (χ2n) is 6.82. The summed E-state index contributed by atoms with van der Waals surface area (Å²) >= 11 is 3.09. The summed E-state index contributed by atoms with van der Waals surface area (Å²) in [5.74, 6) is 0.119. The Kier molecular flexibility index (Phi) is 3.94. The zero-order valence-corrected chi connectivity index (χ0v) is 16.6. The largest absolute Gasteiger partial charge is 0.308 e. The lowest BCUT2D eigenvalue weighted by molar-refractivity contribution is -0.118. The number of amides is 1. The Morgan fingerprint density at radius 3 is 2.85 bits per heavy atom. The molecule has 0 saturated carbocycles. The van der Waals surface area contributed by atoms with Gasteiger partial charge in [-0.15, -0.1) is 10.2 Å². The molecule has 1 aliphatic heterocycles. The van der Waals surface area contributed by atoms with Crippen LogP contribution in [0.1, 0.15) is 19.4 Å². The number of rotatable bonds is 3. The third-order valence-corrected chi connectivity index (χ3v) is 7.03.